The van der Waals surface area contributed by atoms with Crippen LogP contribution in [0.25, 0.3) is 17.1 Å². The first-order valence-electron chi connectivity index (χ1n) is 22.9. The van der Waals surface area contributed by atoms with Crippen LogP contribution in [0.15, 0.2) is 151 Å². The molecule has 2 aliphatic heterocycles. The van der Waals surface area contributed by atoms with Crippen molar-refractivity contribution in [1.29, 1.82) is 0 Å². The molecule has 0 unspecified atom stereocenters. The smallest absolute Gasteiger partial charge is 0.277 e. The van der Waals surface area contributed by atoms with Crippen molar-refractivity contribution in [2.45, 2.75) is 51.7 Å². The Labute approximate surface area is 482 Å². The monoisotopic (exact) mass is 1450 g/mol. The van der Waals surface area contributed by atoms with Crippen molar-refractivity contribution >= 4 is 107 Å². The third-order valence-corrected chi connectivity index (χ3v) is 12.6. The molecular formula is C54H54I4N8O8. The van der Waals surface area contributed by atoms with Gasteiger partial charge in [0.2, 0.25) is 0 Å². The Hall–Kier alpha value is -5.42. The van der Waals surface area contributed by atoms with Gasteiger partial charge in [0.15, 0.2) is 0 Å². The number of ether oxygens (including phenoxy) is 2. The van der Waals surface area contributed by atoms with Gasteiger partial charge < -0.3 is 34.6 Å². The van der Waals surface area contributed by atoms with E-state index in [9.17, 15) is 24.6 Å². The first-order valence-corrected chi connectivity index (χ1v) is 30.2. The number of fused-ring (bicyclic) bond motifs is 2. The number of amides is 2. The molecule has 74 heavy (non-hydrogen) atoms. The predicted octanol–water partition coefficient (Wildman–Crippen LogP) is 10.6. The van der Waals surface area contributed by atoms with Gasteiger partial charge in [0.05, 0.1) is 43.2 Å². The van der Waals surface area contributed by atoms with Crippen LogP contribution in [0.5, 0.6) is 17.2 Å². The van der Waals surface area contributed by atoms with Gasteiger partial charge in [-0.2, -0.15) is 10.2 Å². The molecule has 6 heterocycles. The van der Waals surface area contributed by atoms with Gasteiger partial charge in [0.25, 0.3) is 17.4 Å². The number of carbonyl (C=O) groups is 2. The first kappa shape index (κ1) is 57.9. The lowest BCUT2D eigenvalue weighted by atomic mass is 9.94. The van der Waals surface area contributed by atoms with E-state index in [0.717, 1.165) is 43.2 Å². The summed E-state index contributed by atoms with van der Waals surface area (Å²) in [7, 11) is 3.21. The molecule has 8 aromatic rings. The molecule has 0 bridgehead atoms. The van der Waals surface area contributed by atoms with Gasteiger partial charge in [-0.3, -0.25) is 23.9 Å². The average Bonchev–Trinajstić information content (AvgIpc) is 4.01. The van der Waals surface area contributed by atoms with Crippen LogP contribution in [0.2, 0.25) is 0 Å². The van der Waals surface area contributed by atoms with Crippen molar-refractivity contribution in [2.75, 3.05) is 37.1 Å². The maximum absolute atomic E-state index is 13.8. The van der Waals surface area contributed by atoms with E-state index < -0.39 is 11.2 Å². The van der Waals surface area contributed by atoms with Gasteiger partial charge in [-0.25, -0.2) is 9.36 Å². The third-order valence-electron chi connectivity index (χ3n) is 11.9. The standard InChI is InChI=1S/C27H26N4O4.C22H22IN3O3.C5H5NO.I2.HI/c1-27(2,34)25-22-15-17-30(19-9-7-18(8-10-19)29-16-5-4-6-23(29)32)26(33)24(22)31(28-25)20-11-13-21(35-3)14-12-20;1-22(2,28)20-18-12-13-25(15-6-4-14(23)5-7-15)21(27)19(18)26(24-20)16-8-10-17(29-3)11-9-16;7-5-2-1-3-6-4-5;1-2;/h4-14,16,34H,15,17H2,1-3H3;4-11,28H,12-13H2,1-3H3;1-4,7H;;1H. The highest BCUT2D eigenvalue weighted by Gasteiger charge is 2.38. The summed E-state index contributed by atoms with van der Waals surface area (Å²) < 4.78 is 16.4. The minimum Gasteiger partial charge on any atom is -0.506 e. The highest BCUT2D eigenvalue weighted by atomic mass is 128. The Morgan fingerprint density at radius 3 is 1.35 bits per heavy atom. The van der Waals surface area contributed by atoms with Crippen LogP contribution in [0.1, 0.15) is 71.2 Å². The number of hydrogen-bond donors (Lipinski definition) is 3. The van der Waals surface area contributed by atoms with Gasteiger partial charge in [0, 0.05) is 101 Å². The zero-order chi connectivity index (χ0) is 52.6. The maximum Gasteiger partial charge on any atom is 0.277 e. The topological polar surface area (TPSA) is 190 Å². The zero-order valence-corrected chi connectivity index (χ0v) is 50.0. The summed E-state index contributed by atoms with van der Waals surface area (Å²) in [5, 5.41) is 39.3. The summed E-state index contributed by atoms with van der Waals surface area (Å²) in [6.45, 7) is 7.75. The third kappa shape index (κ3) is 13.1. The van der Waals surface area contributed by atoms with Crippen LogP contribution < -0.4 is 24.8 Å². The quantitative estimate of drug-likeness (QED) is 0.117. The number of aromatic nitrogens is 6. The lowest BCUT2D eigenvalue weighted by Gasteiger charge is -2.28. The summed E-state index contributed by atoms with van der Waals surface area (Å²) in [6.07, 6.45) is 5.89. The Morgan fingerprint density at radius 2 is 0.986 bits per heavy atom. The second-order valence-electron chi connectivity index (χ2n) is 17.7. The Bertz CT molecular complexity index is 3230. The van der Waals surface area contributed by atoms with Crippen molar-refractivity contribution in [3.8, 4) is 34.3 Å². The van der Waals surface area contributed by atoms with E-state index in [-0.39, 0.29) is 47.1 Å². The van der Waals surface area contributed by atoms with Crippen molar-refractivity contribution in [3.05, 3.63) is 194 Å². The largest absolute Gasteiger partial charge is 0.506 e. The molecule has 2 aliphatic rings. The van der Waals surface area contributed by atoms with Crippen LogP contribution in [-0.4, -0.2) is 83.6 Å². The highest BCUT2D eigenvalue weighted by Crippen LogP contribution is 2.36. The summed E-state index contributed by atoms with van der Waals surface area (Å²) >= 11 is 6.49. The Kier molecular flexibility index (Phi) is 19.9. The van der Waals surface area contributed by atoms with Crippen molar-refractivity contribution in [3.63, 3.8) is 0 Å². The fraction of sp³-hybridized carbons (Fsp3) is 0.222. The van der Waals surface area contributed by atoms with E-state index in [0.29, 0.717) is 60.1 Å². The van der Waals surface area contributed by atoms with E-state index in [1.165, 1.54) is 12.3 Å². The zero-order valence-electron chi connectivity index (χ0n) is 41.2. The van der Waals surface area contributed by atoms with E-state index >= 15 is 0 Å². The fourth-order valence-corrected chi connectivity index (χ4v) is 8.78. The van der Waals surface area contributed by atoms with Crippen LogP contribution in [-0.2, 0) is 24.0 Å². The molecular weight excluding hydrogens is 1400 g/mol. The predicted molar refractivity (Wildman–Crippen MR) is 322 cm³/mol. The first-order chi connectivity index (χ1) is 35.0. The van der Waals surface area contributed by atoms with Crippen molar-refractivity contribution < 1.29 is 34.4 Å². The molecule has 10 rings (SSSR count). The number of pyridine rings is 2. The van der Waals surface area contributed by atoms with E-state index in [1.807, 2.05) is 97.1 Å². The number of nitrogens with zero attached hydrogens (tertiary/aromatic N) is 8. The molecule has 4 aromatic carbocycles. The molecule has 2 amide bonds. The minimum atomic E-state index is -1.20. The maximum atomic E-state index is 13.8. The fourth-order valence-electron chi connectivity index (χ4n) is 8.42. The molecule has 0 spiro atoms. The minimum absolute atomic E-state index is 0. The lowest BCUT2D eigenvalue weighted by Crippen LogP contribution is -2.39. The summed E-state index contributed by atoms with van der Waals surface area (Å²) in [4.78, 5) is 46.6. The number of rotatable bonds is 9. The summed E-state index contributed by atoms with van der Waals surface area (Å²) in [5.74, 6) is 1.32. The molecule has 4 aromatic heterocycles. The molecule has 20 heteroatoms. The molecule has 0 atom stereocenters. The summed E-state index contributed by atoms with van der Waals surface area (Å²) in [5.41, 5.74) is 4.80. The van der Waals surface area contributed by atoms with Gasteiger partial charge >= 0.3 is 0 Å². The molecule has 3 N–H and O–H groups in total. The van der Waals surface area contributed by atoms with Gasteiger partial charge in [-0.15, -0.1) is 24.0 Å². The average molecular weight is 1450 g/mol. The Balaban J connectivity index is 0.000000206. The SMILES string of the molecule is COc1ccc(-n2nc(C(C)(C)O)c3c2C(=O)N(c2ccc(-n4ccccc4=O)cc2)CC3)cc1.COc1ccc(-n2nc(C(C)(C)O)c3c2C(=O)N(c2ccc(I)cc2)CC3)cc1.I.II.Oc1cccnc1. The van der Waals surface area contributed by atoms with Crippen LogP contribution in [0.4, 0.5) is 11.4 Å². The molecule has 0 fully saturated rings. The lowest BCUT2D eigenvalue weighted by molar-refractivity contribution is 0.0718. The highest BCUT2D eigenvalue weighted by molar-refractivity contribution is 15.0. The second kappa shape index (κ2) is 25.4. The number of anilines is 2. The number of benzene rings is 4. The van der Waals surface area contributed by atoms with Crippen LogP contribution >= 0.6 is 83.8 Å². The van der Waals surface area contributed by atoms with Crippen molar-refractivity contribution in [2.24, 2.45) is 0 Å². The van der Waals surface area contributed by atoms with Crippen molar-refractivity contribution in [1.82, 2.24) is 29.1 Å². The molecule has 0 saturated heterocycles. The van der Waals surface area contributed by atoms with Gasteiger partial charge in [0.1, 0.15) is 39.8 Å². The Morgan fingerprint density at radius 1 is 0.568 bits per heavy atom. The molecule has 0 saturated carbocycles. The van der Waals surface area contributed by atoms with Crippen LogP contribution in [0, 0.1) is 3.57 Å². The molecule has 16 nitrogen and oxygen atoms in total. The summed E-state index contributed by atoms with van der Waals surface area (Å²) in [6, 6.07) is 38.1. The number of aliphatic hydroxyl groups is 2. The second-order valence-corrected chi connectivity index (χ2v) is 19.0. The number of aromatic hydroxyl groups is 1. The molecule has 386 valence electrons. The van der Waals surface area contributed by atoms with E-state index in [1.54, 1.807) is 102 Å². The molecule has 0 aliphatic carbocycles. The number of methoxy groups -OCH3 is 2. The molecule has 0 radical (unpaired) electrons. The van der Waals surface area contributed by atoms with Gasteiger partial charge in [-0.05, 0) is 178 Å². The van der Waals surface area contributed by atoms with E-state index in [2.05, 4.69) is 75.0 Å². The van der Waals surface area contributed by atoms with Gasteiger partial charge in [-0.1, -0.05) is 6.07 Å². The number of halogens is 4. The number of hydrogen-bond acceptors (Lipinski definition) is 11. The van der Waals surface area contributed by atoms with Crippen LogP contribution in [0.3, 0.4) is 0 Å². The normalized spacial score (nSPS) is 12.9. The van der Waals surface area contributed by atoms with E-state index in [4.69, 9.17) is 14.6 Å². The number of carbonyl (C=O) groups excluding carboxylic acids is 2.